The second kappa shape index (κ2) is 5.81. The monoisotopic (exact) mass is 350 g/mol. The summed E-state index contributed by atoms with van der Waals surface area (Å²) in [6, 6.07) is 4.93. The normalized spacial score (nSPS) is 18.5. The number of hydrogen-bond acceptors (Lipinski definition) is 4. The van der Waals surface area contributed by atoms with Gasteiger partial charge in [-0.2, -0.15) is 16.1 Å². The van der Waals surface area contributed by atoms with Crippen LogP contribution in [0.2, 0.25) is 0 Å². The van der Waals surface area contributed by atoms with Gasteiger partial charge in [-0.3, -0.25) is 0 Å². The van der Waals surface area contributed by atoms with Crippen molar-refractivity contribution >= 4 is 43.4 Å². The average molecular weight is 351 g/mol. The highest BCUT2D eigenvalue weighted by molar-refractivity contribution is 9.10. The number of sulfonamides is 1. The van der Waals surface area contributed by atoms with E-state index in [1.54, 1.807) is 30.0 Å². The zero-order valence-corrected chi connectivity index (χ0v) is 13.0. The summed E-state index contributed by atoms with van der Waals surface area (Å²) >= 11 is 5.08. The molecule has 1 heterocycles. The highest BCUT2D eigenvalue weighted by Crippen LogP contribution is 2.27. The number of benzene rings is 1. The fraction of sp³-hybridized carbons (Fsp3) is 0.455. The van der Waals surface area contributed by atoms with E-state index in [0.717, 1.165) is 22.4 Å². The van der Waals surface area contributed by atoms with Gasteiger partial charge in [0, 0.05) is 23.3 Å². The minimum Gasteiger partial charge on any atom is -0.398 e. The fourth-order valence-corrected chi connectivity index (χ4v) is 4.97. The molecule has 0 bridgehead atoms. The third-order valence-electron chi connectivity index (χ3n) is 2.77. The maximum Gasteiger partial charge on any atom is 0.245 e. The molecule has 0 unspecified atom stereocenters. The van der Waals surface area contributed by atoms with Crippen molar-refractivity contribution in [2.75, 3.05) is 30.3 Å². The highest BCUT2D eigenvalue weighted by Gasteiger charge is 2.27. The number of halogens is 1. The first-order valence-corrected chi connectivity index (χ1v) is 9.03. The van der Waals surface area contributed by atoms with Gasteiger partial charge in [-0.25, -0.2) is 8.42 Å². The van der Waals surface area contributed by atoms with Crippen molar-refractivity contribution in [2.45, 2.75) is 11.3 Å². The van der Waals surface area contributed by atoms with E-state index in [1.165, 1.54) is 4.31 Å². The number of nitrogens with two attached hydrogens (primary N) is 1. The molecular weight excluding hydrogens is 336 g/mol. The van der Waals surface area contributed by atoms with Gasteiger partial charge >= 0.3 is 0 Å². The van der Waals surface area contributed by atoms with Crippen molar-refractivity contribution < 1.29 is 8.42 Å². The lowest BCUT2D eigenvalue weighted by molar-refractivity contribution is 0.435. The lowest BCUT2D eigenvalue weighted by Gasteiger charge is -2.20. The third kappa shape index (κ3) is 3.01. The van der Waals surface area contributed by atoms with Crippen LogP contribution < -0.4 is 5.73 Å². The Kier molecular flexibility index (Phi) is 4.58. The number of rotatable bonds is 2. The molecule has 0 radical (unpaired) electrons. The SMILES string of the molecule is Nc1ccc(Br)cc1S(=O)(=O)N1CCCSCC1. The zero-order valence-electron chi connectivity index (χ0n) is 9.80. The van der Waals surface area contributed by atoms with Crippen LogP contribution in [0.4, 0.5) is 5.69 Å². The molecule has 0 spiro atoms. The largest absolute Gasteiger partial charge is 0.398 e. The number of nitrogen functional groups attached to an aromatic ring is 1. The zero-order chi connectivity index (χ0) is 13.2. The quantitative estimate of drug-likeness (QED) is 0.830. The minimum absolute atomic E-state index is 0.198. The molecule has 4 nitrogen and oxygen atoms in total. The first-order valence-electron chi connectivity index (χ1n) is 5.65. The van der Waals surface area contributed by atoms with E-state index in [-0.39, 0.29) is 4.90 Å². The van der Waals surface area contributed by atoms with E-state index in [4.69, 9.17) is 5.73 Å². The third-order valence-corrected chi connectivity index (χ3v) is 6.27. The number of nitrogens with zero attached hydrogens (tertiary/aromatic N) is 1. The van der Waals surface area contributed by atoms with Crippen LogP contribution in [0.15, 0.2) is 27.6 Å². The molecule has 1 saturated heterocycles. The second-order valence-corrected chi connectivity index (χ2v) is 8.10. The van der Waals surface area contributed by atoms with Crippen LogP contribution in [-0.2, 0) is 10.0 Å². The Balaban J connectivity index is 2.37. The molecule has 0 amide bonds. The summed E-state index contributed by atoms with van der Waals surface area (Å²) in [6.07, 6.45) is 0.887. The highest BCUT2D eigenvalue weighted by atomic mass is 79.9. The Hall–Kier alpha value is -0.240. The van der Waals surface area contributed by atoms with E-state index in [1.807, 2.05) is 0 Å². The Labute approximate surface area is 120 Å². The Bertz CT molecular complexity index is 526. The smallest absolute Gasteiger partial charge is 0.245 e. The predicted molar refractivity (Wildman–Crippen MR) is 79.3 cm³/mol. The van der Waals surface area contributed by atoms with Crippen LogP contribution in [0, 0.1) is 0 Å². The lowest BCUT2D eigenvalue weighted by Crippen LogP contribution is -2.33. The molecular formula is C11H15BrN2O2S2. The summed E-state index contributed by atoms with van der Waals surface area (Å²) in [5, 5.41) is 0. The molecule has 2 N–H and O–H groups in total. The standard InChI is InChI=1S/C11H15BrN2O2S2/c12-9-2-3-10(13)11(8-9)18(15,16)14-4-1-6-17-7-5-14/h2-3,8H,1,4-7,13H2. The van der Waals surface area contributed by atoms with E-state index in [9.17, 15) is 8.42 Å². The van der Waals surface area contributed by atoms with E-state index < -0.39 is 10.0 Å². The maximum absolute atomic E-state index is 12.5. The van der Waals surface area contributed by atoms with Gasteiger partial charge in [0.1, 0.15) is 4.90 Å². The van der Waals surface area contributed by atoms with Crippen LogP contribution in [0.1, 0.15) is 6.42 Å². The van der Waals surface area contributed by atoms with Crippen molar-refractivity contribution in [3.63, 3.8) is 0 Å². The van der Waals surface area contributed by atoms with E-state index in [0.29, 0.717) is 18.8 Å². The molecule has 1 aromatic carbocycles. The van der Waals surface area contributed by atoms with Crippen molar-refractivity contribution in [1.29, 1.82) is 0 Å². The number of thioether (sulfide) groups is 1. The number of hydrogen-bond donors (Lipinski definition) is 1. The lowest BCUT2D eigenvalue weighted by atomic mass is 10.3. The van der Waals surface area contributed by atoms with Crippen LogP contribution in [0.25, 0.3) is 0 Å². The summed E-state index contributed by atoms with van der Waals surface area (Å²) in [6.45, 7) is 1.13. The summed E-state index contributed by atoms with van der Waals surface area (Å²) in [4.78, 5) is 0.198. The molecule has 1 fully saturated rings. The summed E-state index contributed by atoms with van der Waals surface area (Å²) < 4.78 is 27.3. The second-order valence-electron chi connectivity index (χ2n) is 4.05. The van der Waals surface area contributed by atoms with E-state index in [2.05, 4.69) is 15.9 Å². The summed E-state index contributed by atoms with van der Waals surface area (Å²) in [7, 11) is -3.47. The maximum atomic E-state index is 12.5. The van der Waals surface area contributed by atoms with Gasteiger partial charge in [0.2, 0.25) is 10.0 Å². The molecule has 0 aliphatic carbocycles. The van der Waals surface area contributed by atoms with Gasteiger partial charge in [-0.15, -0.1) is 0 Å². The Morgan fingerprint density at radius 3 is 2.83 bits per heavy atom. The topological polar surface area (TPSA) is 63.4 Å². The first-order chi connectivity index (χ1) is 8.51. The molecule has 0 saturated carbocycles. The first kappa shape index (κ1) is 14.2. The van der Waals surface area contributed by atoms with Gasteiger partial charge in [0.15, 0.2) is 0 Å². The van der Waals surface area contributed by atoms with Crippen LogP contribution in [-0.4, -0.2) is 37.3 Å². The molecule has 1 aromatic rings. The molecule has 0 aromatic heterocycles. The molecule has 100 valence electrons. The van der Waals surface area contributed by atoms with Crippen LogP contribution in [0.3, 0.4) is 0 Å². The minimum atomic E-state index is -3.47. The number of anilines is 1. The fourth-order valence-electron chi connectivity index (χ4n) is 1.83. The van der Waals surface area contributed by atoms with Gasteiger partial charge in [-0.05, 0) is 30.4 Å². The Morgan fingerprint density at radius 1 is 1.28 bits per heavy atom. The molecule has 7 heteroatoms. The molecule has 2 rings (SSSR count). The van der Waals surface area contributed by atoms with Gasteiger partial charge in [0.05, 0.1) is 5.69 Å². The van der Waals surface area contributed by atoms with Crippen molar-refractivity contribution in [3.8, 4) is 0 Å². The molecule has 1 aliphatic heterocycles. The van der Waals surface area contributed by atoms with Crippen molar-refractivity contribution in [3.05, 3.63) is 22.7 Å². The predicted octanol–water partition coefficient (Wildman–Crippen LogP) is 2.16. The molecule has 1 aliphatic rings. The summed E-state index contributed by atoms with van der Waals surface area (Å²) in [5.74, 6) is 1.85. The van der Waals surface area contributed by atoms with Crippen LogP contribution in [0.5, 0.6) is 0 Å². The van der Waals surface area contributed by atoms with Crippen molar-refractivity contribution in [2.24, 2.45) is 0 Å². The average Bonchev–Trinajstić information content (AvgIpc) is 2.61. The Morgan fingerprint density at radius 2 is 2.06 bits per heavy atom. The van der Waals surface area contributed by atoms with Gasteiger partial charge in [-0.1, -0.05) is 15.9 Å². The van der Waals surface area contributed by atoms with Crippen molar-refractivity contribution in [1.82, 2.24) is 4.31 Å². The molecule has 18 heavy (non-hydrogen) atoms. The van der Waals surface area contributed by atoms with Gasteiger partial charge in [0.25, 0.3) is 0 Å². The van der Waals surface area contributed by atoms with Gasteiger partial charge < -0.3 is 5.73 Å². The van der Waals surface area contributed by atoms with Crippen LogP contribution >= 0.6 is 27.7 Å². The molecule has 0 atom stereocenters. The van der Waals surface area contributed by atoms with E-state index >= 15 is 0 Å². The summed E-state index contributed by atoms with van der Waals surface area (Å²) in [5.41, 5.74) is 6.09.